The van der Waals surface area contributed by atoms with Crippen molar-refractivity contribution in [1.82, 2.24) is 4.98 Å². The minimum Gasteiger partial charge on any atom is -0.217 e. The van der Waals surface area contributed by atoms with Crippen molar-refractivity contribution in [3.63, 3.8) is 0 Å². The summed E-state index contributed by atoms with van der Waals surface area (Å²) in [6, 6.07) is 4.02. The van der Waals surface area contributed by atoms with Crippen LogP contribution in [0.3, 0.4) is 0 Å². The van der Waals surface area contributed by atoms with Crippen LogP contribution in [0.15, 0.2) is 11.4 Å². The lowest BCUT2D eigenvalue weighted by Crippen LogP contribution is -2.07. The smallest absolute Gasteiger partial charge is 0.195 e. The second-order valence-corrected chi connectivity index (χ2v) is 7.46. The fourth-order valence-electron chi connectivity index (χ4n) is 1.34. The van der Waals surface area contributed by atoms with Gasteiger partial charge in [0.1, 0.15) is 16.1 Å². The van der Waals surface area contributed by atoms with Crippen LogP contribution in [0.5, 0.6) is 0 Å². The van der Waals surface area contributed by atoms with Gasteiger partial charge in [-0.2, -0.15) is 5.26 Å². The highest BCUT2D eigenvalue weighted by Crippen LogP contribution is 2.35. The van der Waals surface area contributed by atoms with Gasteiger partial charge in [-0.25, -0.2) is 4.98 Å². The average molecular weight is 307 g/mol. The Morgan fingerprint density at radius 1 is 1.32 bits per heavy atom. The molecule has 2 nitrogen and oxygen atoms in total. The molecule has 2 rings (SSSR count). The fraction of sp³-hybridized carbons (Fsp3) is 0.286. The van der Waals surface area contributed by atoms with E-state index in [0.29, 0.717) is 15.0 Å². The molecule has 0 spiro atoms. The van der Waals surface area contributed by atoms with Crippen molar-refractivity contribution in [3.05, 3.63) is 36.9 Å². The summed E-state index contributed by atoms with van der Waals surface area (Å²) in [6.45, 7) is 6.43. The van der Waals surface area contributed by atoms with Crippen LogP contribution < -0.4 is 0 Å². The van der Waals surface area contributed by atoms with Crippen LogP contribution in [0.4, 0.5) is 0 Å². The number of aromatic nitrogens is 1. The number of thiazole rings is 1. The third-order valence-electron chi connectivity index (χ3n) is 2.35. The molecule has 0 bridgehead atoms. The summed E-state index contributed by atoms with van der Waals surface area (Å²) < 4.78 is 0.702. The zero-order valence-electron chi connectivity index (χ0n) is 10.7. The Bertz CT molecular complexity index is 702. The maximum absolute atomic E-state index is 8.70. The van der Waals surface area contributed by atoms with Gasteiger partial charge in [0.2, 0.25) is 0 Å². The lowest BCUT2D eigenvalue weighted by Gasteiger charge is -2.14. The first-order chi connectivity index (χ1) is 8.90. The van der Waals surface area contributed by atoms with E-state index in [2.05, 4.69) is 37.6 Å². The molecule has 0 unspecified atom stereocenters. The van der Waals surface area contributed by atoms with Crippen LogP contribution in [0.1, 0.15) is 41.9 Å². The fourth-order valence-corrected chi connectivity index (χ4v) is 3.12. The van der Waals surface area contributed by atoms with Gasteiger partial charge < -0.3 is 0 Å². The van der Waals surface area contributed by atoms with E-state index in [1.54, 1.807) is 16.7 Å². The molecule has 0 aliphatic carbocycles. The standard InChI is InChI=1S/C14H11ClN2S2/c1-14(2,3)11-6-9(13(15)19-11)4-5-10-8-18-12(7-16)17-10/h6,8H,1-3H3. The average Bonchev–Trinajstić information content (AvgIpc) is 2.92. The molecule has 0 amide bonds. The quantitative estimate of drug-likeness (QED) is 0.675. The highest BCUT2D eigenvalue weighted by Gasteiger charge is 2.18. The molecule has 96 valence electrons. The summed E-state index contributed by atoms with van der Waals surface area (Å²) in [5.74, 6) is 5.96. The maximum Gasteiger partial charge on any atom is 0.195 e. The van der Waals surface area contributed by atoms with Crippen LogP contribution in [0.25, 0.3) is 0 Å². The second-order valence-electron chi connectivity index (χ2n) is 4.95. The molecular formula is C14H11ClN2S2. The molecular weight excluding hydrogens is 296 g/mol. The van der Waals surface area contributed by atoms with Gasteiger partial charge >= 0.3 is 0 Å². The number of hydrogen-bond donors (Lipinski definition) is 0. The van der Waals surface area contributed by atoms with Gasteiger partial charge in [0.05, 0.1) is 5.56 Å². The van der Waals surface area contributed by atoms with Crippen LogP contribution in [-0.2, 0) is 5.41 Å². The first-order valence-electron chi connectivity index (χ1n) is 5.57. The molecule has 0 aliphatic heterocycles. The van der Waals surface area contributed by atoms with Crippen molar-refractivity contribution in [1.29, 1.82) is 5.26 Å². The minimum atomic E-state index is 0.0723. The van der Waals surface area contributed by atoms with E-state index in [1.165, 1.54) is 16.2 Å². The van der Waals surface area contributed by atoms with E-state index in [-0.39, 0.29) is 5.41 Å². The van der Waals surface area contributed by atoms with Crippen molar-refractivity contribution >= 4 is 34.3 Å². The third-order valence-corrected chi connectivity index (χ3v) is 4.88. The van der Waals surface area contributed by atoms with Gasteiger partial charge in [-0.1, -0.05) is 38.3 Å². The van der Waals surface area contributed by atoms with Gasteiger partial charge in [0.15, 0.2) is 5.01 Å². The number of hydrogen-bond acceptors (Lipinski definition) is 4. The zero-order chi connectivity index (χ0) is 14.0. The monoisotopic (exact) mass is 306 g/mol. The van der Waals surface area contributed by atoms with Gasteiger partial charge in [-0.3, -0.25) is 0 Å². The molecule has 0 atom stereocenters. The number of nitrogens with zero attached hydrogens (tertiary/aromatic N) is 2. The topological polar surface area (TPSA) is 36.7 Å². The lowest BCUT2D eigenvalue weighted by molar-refractivity contribution is 0.604. The van der Waals surface area contributed by atoms with Crippen LogP contribution in [0.2, 0.25) is 4.34 Å². The second kappa shape index (κ2) is 5.35. The molecule has 0 aliphatic rings. The highest BCUT2D eigenvalue weighted by molar-refractivity contribution is 7.16. The molecule has 19 heavy (non-hydrogen) atoms. The number of halogens is 1. The van der Waals surface area contributed by atoms with E-state index >= 15 is 0 Å². The predicted octanol–water partition coefficient (Wildman–Crippen LogP) is 4.43. The first-order valence-corrected chi connectivity index (χ1v) is 7.65. The van der Waals surface area contributed by atoms with Crippen molar-refractivity contribution < 1.29 is 0 Å². The molecule has 0 saturated heterocycles. The van der Waals surface area contributed by atoms with Gasteiger partial charge in [0.25, 0.3) is 0 Å². The minimum absolute atomic E-state index is 0.0723. The molecule has 0 saturated carbocycles. The highest BCUT2D eigenvalue weighted by atomic mass is 35.5. The van der Waals surface area contributed by atoms with Gasteiger partial charge in [0, 0.05) is 10.3 Å². The predicted molar refractivity (Wildman–Crippen MR) is 80.8 cm³/mol. The largest absolute Gasteiger partial charge is 0.217 e. The Morgan fingerprint density at radius 2 is 2.05 bits per heavy atom. The SMILES string of the molecule is CC(C)(C)c1cc(C#Cc2csc(C#N)n2)c(Cl)s1. The molecule has 0 N–H and O–H groups in total. The van der Waals surface area contributed by atoms with Crippen LogP contribution >= 0.6 is 34.3 Å². The van der Waals surface area contributed by atoms with E-state index in [9.17, 15) is 0 Å². The molecule has 0 aromatic carbocycles. The van der Waals surface area contributed by atoms with Crippen LogP contribution in [0, 0.1) is 23.2 Å². The number of nitriles is 1. The van der Waals surface area contributed by atoms with Crippen LogP contribution in [-0.4, -0.2) is 4.98 Å². The Morgan fingerprint density at radius 3 is 2.58 bits per heavy atom. The van der Waals surface area contributed by atoms with Crippen molar-refractivity contribution in [2.45, 2.75) is 26.2 Å². The maximum atomic E-state index is 8.70. The Kier molecular flexibility index (Phi) is 3.96. The third kappa shape index (κ3) is 3.36. The lowest BCUT2D eigenvalue weighted by atomic mass is 9.94. The summed E-state index contributed by atoms with van der Waals surface area (Å²) in [6.07, 6.45) is 0. The van der Waals surface area contributed by atoms with Gasteiger partial charge in [-0.15, -0.1) is 22.7 Å². The van der Waals surface area contributed by atoms with E-state index in [0.717, 1.165) is 5.56 Å². The van der Waals surface area contributed by atoms with Crippen molar-refractivity contribution in [3.8, 4) is 17.9 Å². The molecule has 0 radical (unpaired) electrons. The summed E-state index contributed by atoms with van der Waals surface area (Å²) in [7, 11) is 0. The molecule has 5 heteroatoms. The Balaban J connectivity index is 2.30. The first kappa shape index (κ1) is 14.1. The number of rotatable bonds is 0. The molecule has 2 heterocycles. The molecule has 2 aromatic heterocycles. The van der Waals surface area contributed by atoms with Crippen molar-refractivity contribution in [2.24, 2.45) is 0 Å². The normalized spacial score (nSPS) is 10.7. The summed E-state index contributed by atoms with van der Waals surface area (Å²) in [4.78, 5) is 5.28. The summed E-state index contributed by atoms with van der Waals surface area (Å²) in [5.41, 5.74) is 1.51. The summed E-state index contributed by atoms with van der Waals surface area (Å²) >= 11 is 9.05. The zero-order valence-corrected chi connectivity index (χ0v) is 13.1. The Labute approximate surface area is 125 Å². The van der Waals surface area contributed by atoms with E-state index in [4.69, 9.17) is 16.9 Å². The Hall–Kier alpha value is -1.33. The van der Waals surface area contributed by atoms with Crippen molar-refractivity contribution in [2.75, 3.05) is 0 Å². The number of thiophene rings is 1. The van der Waals surface area contributed by atoms with E-state index in [1.807, 2.05) is 12.1 Å². The molecule has 2 aromatic rings. The van der Waals surface area contributed by atoms with Gasteiger partial charge in [-0.05, 0) is 17.4 Å². The van der Waals surface area contributed by atoms with E-state index < -0.39 is 0 Å². The molecule has 0 fully saturated rings. The summed E-state index contributed by atoms with van der Waals surface area (Å²) in [5, 5.41) is 10.9.